The van der Waals surface area contributed by atoms with Crippen LogP contribution in [0, 0.1) is 6.92 Å². The SMILES string of the molecule is CCc1cc(/C=C2/N=C(c3ccccc3C)OC2=O)ccc1OC. The van der Waals surface area contributed by atoms with Crippen molar-refractivity contribution < 1.29 is 14.3 Å². The molecule has 1 heterocycles. The minimum absolute atomic E-state index is 0.306. The predicted molar refractivity (Wildman–Crippen MR) is 94.2 cm³/mol. The van der Waals surface area contributed by atoms with Crippen molar-refractivity contribution >= 4 is 17.9 Å². The van der Waals surface area contributed by atoms with Gasteiger partial charge in [-0.3, -0.25) is 0 Å². The average Bonchev–Trinajstić information content (AvgIpc) is 2.95. The van der Waals surface area contributed by atoms with Crippen molar-refractivity contribution in [3.8, 4) is 5.75 Å². The first-order valence-electron chi connectivity index (χ1n) is 7.88. The maximum atomic E-state index is 12.1. The van der Waals surface area contributed by atoms with Gasteiger partial charge in [-0.2, -0.15) is 0 Å². The van der Waals surface area contributed by atoms with Crippen LogP contribution < -0.4 is 4.74 Å². The highest BCUT2D eigenvalue weighted by atomic mass is 16.6. The highest BCUT2D eigenvalue weighted by Gasteiger charge is 2.25. The summed E-state index contributed by atoms with van der Waals surface area (Å²) in [4.78, 5) is 16.5. The Kier molecular flexibility index (Phi) is 4.47. The highest BCUT2D eigenvalue weighted by Crippen LogP contribution is 2.24. The summed E-state index contributed by atoms with van der Waals surface area (Å²) in [5.74, 6) is 0.772. The largest absolute Gasteiger partial charge is 0.496 e. The van der Waals surface area contributed by atoms with E-state index in [4.69, 9.17) is 9.47 Å². The lowest BCUT2D eigenvalue weighted by atomic mass is 10.1. The number of esters is 1. The summed E-state index contributed by atoms with van der Waals surface area (Å²) >= 11 is 0. The molecule has 2 aromatic rings. The summed E-state index contributed by atoms with van der Waals surface area (Å²) in [6, 6.07) is 13.5. The predicted octanol–water partition coefficient (Wildman–Crippen LogP) is 3.91. The molecule has 24 heavy (non-hydrogen) atoms. The van der Waals surface area contributed by atoms with Gasteiger partial charge in [-0.25, -0.2) is 9.79 Å². The summed E-state index contributed by atoms with van der Waals surface area (Å²) in [6.07, 6.45) is 2.59. The number of rotatable bonds is 4. The van der Waals surface area contributed by atoms with Crippen molar-refractivity contribution in [2.24, 2.45) is 4.99 Å². The van der Waals surface area contributed by atoms with E-state index < -0.39 is 5.97 Å². The molecule has 0 aliphatic carbocycles. The third-order valence-corrected chi connectivity index (χ3v) is 3.98. The second-order valence-electron chi connectivity index (χ2n) is 5.58. The average molecular weight is 321 g/mol. The number of nitrogens with zero attached hydrogens (tertiary/aromatic N) is 1. The Bertz CT molecular complexity index is 850. The zero-order valence-electron chi connectivity index (χ0n) is 14.0. The van der Waals surface area contributed by atoms with Gasteiger partial charge in [0, 0.05) is 5.56 Å². The number of hydrogen-bond acceptors (Lipinski definition) is 4. The minimum Gasteiger partial charge on any atom is -0.496 e. The maximum Gasteiger partial charge on any atom is 0.363 e. The fourth-order valence-corrected chi connectivity index (χ4v) is 2.66. The van der Waals surface area contributed by atoms with Crippen LogP contribution >= 0.6 is 0 Å². The van der Waals surface area contributed by atoms with E-state index in [1.807, 2.05) is 49.4 Å². The molecule has 0 N–H and O–H groups in total. The zero-order chi connectivity index (χ0) is 17.1. The van der Waals surface area contributed by atoms with Gasteiger partial charge in [0.25, 0.3) is 0 Å². The molecule has 0 radical (unpaired) electrons. The number of carbonyl (C=O) groups excluding carboxylic acids is 1. The van der Waals surface area contributed by atoms with Crippen molar-refractivity contribution in [2.45, 2.75) is 20.3 Å². The number of carbonyl (C=O) groups is 1. The topological polar surface area (TPSA) is 47.9 Å². The number of aryl methyl sites for hydroxylation is 2. The van der Waals surface area contributed by atoms with Crippen LogP contribution in [0.2, 0.25) is 0 Å². The summed E-state index contributed by atoms with van der Waals surface area (Å²) in [7, 11) is 1.65. The van der Waals surface area contributed by atoms with Crippen LogP contribution in [0.4, 0.5) is 0 Å². The molecule has 0 fully saturated rings. The molecular formula is C20H19NO3. The summed E-state index contributed by atoms with van der Waals surface area (Å²) in [6.45, 7) is 4.03. The molecule has 0 saturated heterocycles. The molecule has 3 rings (SSSR count). The third-order valence-electron chi connectivity index (χ3n) is 3.98. The molecule has 1 aliphatic heterocycles. The van der Waals surface area contributed by atoms with Gasteiger partial charge in [0.2, 0.25) is 5.90 Å². The van der Waals surface area contributed by atoms with Crippen molar-refractivity contribution in [3.05, 3.63) is 70.4 Å². The monoisotopic (exact) mass is 321 g/mol. The Balaban J connectivity index is 1.96. The van der Waals surface area contributed by atoms with E-state index in [9.17, 15) is 4.79 Å². The van der Waals surface area contributed by atoms with Gasteiger partial charge in [0.15, 0.2) is 5.70 Å². The number of hydrogen-bond donors (Lipinski definition) is 0. The van der Waals surface area contributed by atoms with Crippen LogP contribution in [0.5, 0.6) is 5.75 Å². The standard InChI is InChI=1S/C20H19NO3/c1-4-15-11-14(9-10-18(15)23-3)12-17-20(22)24-19(21-17)16-8-6-5-7-13(16)2/h5-12H,4H2,1-3H3/b17-12+. The lowest BCUT2D eigenvalue weighted by Crippen LogP contribution is -2.06. The van der Waals surface area contributed by atoms with Crippen LogP contribution in [0.25, 0.3) is 6.08 Å². The molecule has 0 saturated carbocycles. The van der Waals surface area contributed by atoms with E-state index in [0.29, 0.717) is 11.6 Å². The Morgan fingerprint density at radius 3 is 2.71 bits per heavy atom. The first kappa shape index (κ1) is 16.0. The zero-order valence-corrected chi connectivity index (χ0v) is 14.0. The summed E-state index contributed by atoms with van der Waals surface area (Å²) < 4.78 is 10.7. The molecule has 2 aromatic carbocycles. The van der Waals surface area contributed by atoms with Crippen molar-refractivity contribution in [1.29, 1.82) is 0 Å². The van der Waals surface area contributed by atoms with E-state index in [-0.39, 0.29) is 0 Å². The van der Waals surface area contributed by atoms with Crippen LogP contribution in [0.15, 0.2) is 53.2 Å². The first-order valence-corrected chi connectivity index (χ1v) is 7.88. The van der Waals surface area contributed by atoms with E-state index in [0.717, 1.165) is 34.4 Å². The Labute approximate surface area is 141 Å². The van der Waals surface area contributed by atoms with Crippen LogP contribution in [-0.2, 0) is 16.0 Å². The third kappa shape index (κ3) is 3.08. The minimum atomic E-state index is -0.429. The molecule has 4 heteroatoms. The molecule has 0 aromatic heterocycles. The Morgan fingerprint density at radius 2 is 2.00 bits per heavy atom. The summed E-state index contributed by atoms with van der Waals surface area (Å²) in [5, 5.41) is 0. The van der Waals surface area contributed by atoms with Gasteiger partial charge in [-0.05, 0) is 54.3 Å². The van der Waals surface area contributed by atoms with Crippen molar-refractivity contribution in [3.63, 3.8) is 0 Å². The van der Waals surface area contributed by atoms with Crippen molar-refractivity contribution in [1.82, 2.24) is 0 Å². The van der Waals surface area contributed by atoms with E-state index in [2.05, 4.69) is 11.9 Å². The molecule has 0 amide bonds. The molecule has 0 unspecified atom stereocenters. The quantitative estimate of drug-likeness (QED) is 0.633. The maximum absolute atomic E-state index is 12.1. The second kappa shape index (κ2) is 6.71. The van der Waals surface area contributed by atoms with Crippen LogP contribution in [-0.4, -0.2) is 19.0 Å². The van der Waals surface area contributed by atoms with Crippen LogP contribution in [0.3, 0.4) is 0 Å². The van der Waals surface area contributed by atoms with Gasteiger partial charge in [0.1, 0.15) is 5.75 Å². The van der Waals surface area contributed by atoms with Crippen LogP contribution in [0.1, 0.15) is 29.2 Å². The first-order chi connectivity index (χ1) is 11.6. The van der Waals surface area contributed by atoms with Gasteiger partial charge < -0.3 is 9.47 Å². The molecule has 0 spiro atoms. The summed E-state index contributed by atoms with van der Waals surface area (Å²) in [5.41, 5.74) is 4.14. The smallest absolute Gasteiger partial charge is 0.363 e. The van der Waals surface area contributed by atoms with E-state index in [1.165, 1.54) is 0 Å². The van der Waals surface area contributed by atoms with E-state index >= 15 is 0 Å². The number of methoxy groups -OCH3 is 1. The van der Waals surface area contributed by atoms with E-state index in [1.54, 1.807) is 13.2 Å². The molecule has 0 bridgehead atoms. The molecule has 4 nitrogen and oxygen atoms in total. The molecule has 122 valence electrons. The fraction of sp³-hybridized carbons (Fsp3) is 0.200. The van der Waals surface area contributed by atoms with Gasteiger partial charge in [-0.1, -0.05) is 31.2 Å². The molecule has 0 atom stereocenters. The van der Waals surface area contributed by atoms with Crippen molar-refractivity contribution in [2.75, 3.05) is 7.11 Å². The lowest BCUT2D eigenvalue weighted by molar-refractivity contribution is -0.129. The lowest BCUT2D eigenvalue weighted by Gasteiger charge is -2.07. The highest BCUT2D eigenvalue weighted by molar-refractivity contribution is 6.13. The molecule has 1 aliphatic rings. The van der Waals surface area contributed by atoms with Gasteiger partial charge in [-0.15, -0.1) is 0 Å². The Hall–Kier alpha value is -2.88. The molecular weight excluding hydrogens is 302 g/mol. The second-order valence-corrected chi connectivity index (χ2v) is 5.58. The number of ether oxygens (including phenoxy) is 2. The fourth-order valence-electron chi connectivity index (χ4n) is 2.66. The Morgan fingerprint density at radius 1 is 1.21 bits per heavy atom. The van der Waals surface area contributed by atoms with Gasteiger partial charge in [0.05, 0.1) is 7.11 Å². The number of benzene rings is 2. The number of aliphatic imine (C=N–C) groups is 1. The normalized spacial score (nSPS) is 15.4. The van der Waals surface area contributed by atoms with Gasteiger partial charge >= 0.3 is 5.97 Å². The number of cyclic esters (lactones) is 1.